The highest BCUT2D eigenvalue weighted by molar-refractivity contribution is 7.80. The molecule has 3 aromatic rings. The van der Waals surface area contributed by atoms with Crippen molar-refractivity contribution in [3.05, 3.63) is 71.9 Å². The molecule has 0 unspecified atom stereocenters. The molecular formula is C33H45N9O6S. The first-order valence-electron chi connectivity index (χ1n) is 15.9. The van der Waals surface area contributed by atoms with Crippen molar-refractivity contribution in [2.75, 3.05) is 18.8 Å². The van der Waals surface area contributed by atoms with Crippen molar-refractivity contribution >= 4 is 59.1 Å². The van der Waals surface area contributed by atoms with Gasteiger partial charge in [0.1, 0.15) is 18.1 Å². The number of aromatic amines is 1. The molecule has 0 radical (unpaired) electrons. The lowest BCUT2D eigenvalue weighted by Crippen LogP contribution is -2.56. The second kappa shape index (κ2) is 19.7. The molecule has 0 aliphatic rings. The van der Waals surface area contributed by atoms with E-state index in [-0.39, 0.29) is 56.9 Å². The van der Waals surface area contributed by atoms with Gasteiger partial charge in [0.25, 0.3) is 0 Å². The second-order valence-corrected chi connectivity index (χ2v) is 11.9. The van der Waals surface area contributed by atoms with Crippen LogP contribution in [0, 0.1) is 5.41 Å². The van der Waals surface area contributed by atoms with Gasteiger partial charge in [0, 0.05) is 48.8 Å². The molecule has 3 rings (SSSR count). The summed E-state index contributed by atoms with van der Waals surface area (Å²) >= 11 is 3.93. The molecule has 15 nitrogen and oxygen atoms in total. The lowest BCUT2D eigenvalue weighted by atomic mass is 10.0. The van der Waals surface area contributed by atoms with E-state index in [4.69, 9.17) is 22.0 Å². The predicted molar refractivity (Wildman–Crippen MR) is 189 cm³/mol. The number of carboxylic acid groups (broad SMARTS) is 1. The zero-order valence-electron chi connectivity index (χ0n) is 27.0. The molecular weight excluding hydrogens is 650 g/mol. The van der Waals surface area contributed by atoms with Crippen LogP contribution in [0.5, 0.6) is 0 Å². The Morgan fingerprint density at radius 2 is 1.49 bits per heavy atom. The van der Waals surface area contributed by atoms with Crippen LogP contribution in [0.1, 0.15) is 36.8 Å². The van der Waals surface area contributed by atoms with Crippen LogP contribution in [-0.2, 0) is 36.8 Å². The molecule has 12 N–H and O–H groups in total. The number of amides is 4. The Hall–Kier alpha value is -5.09. The highest BCUT2D eigenvalue weighted by Crippen LogP contribution is 2.19. The second-order valence-electron chi connectivity index (χ2n) is 11.5. The molecule has 0 fully saturated rings. The largest absolute Gasteiger partial charge is 0.480 e. The third-order valence-corrected chi connectivity index (χ3v) is 8.05. The monoisotopic (exact) mass is 695 g/mol. The van der Waals surface area contributed by atoms with Crippen molar-refractivity contribution in [3.8, 4) is 0 Å². The molecule has 0 aliphatic heterocycles. The number of guanidine groups is 1. The van der Waals surface area contributed by atoms with E-state index in [9.17, 15) is 24.0 Å². The molecule has 0 saturated heterocycles. The Morgan fingerprint density at radius 1 is 0.816 bits per heavy atom. The number of H-pyrrole nitrogens is 1. The van der Waals surface area contributed by atoms with Gasteiger partial charge in [-0.1, -0.05) is 48.5 Å². The Morgan fingerprint density at radius 3 is 2.18 bits per heavy atom. The highest BCUT2D eigenvalue weighted by atomic mass is 32.1. The van der Waals surface area contributed by atoms with Crippen molar-refractivity contribution in [2.45, 2.75) is 62.7 Å². The van der Waals surface area contributed by atoms with E-state index >= 15 is 0 Å². The number of carboxylic acids is 1. The minimum atomic E-state index is -1.20. The molecule has 0 aliphatic carbocycles. The van der Waals surface area contributed by atoms with Crippen LogP contribution >= 0.6 is 12.6 Å². The van der Waals surface area contributed by atoms with E-state index in [1.807, 2.05) is 54.6 Å². The number of nitrogens with one attached hydrogen (secondary N) is 7. The Labute approximate surface area is 289 Å². The minimum Gasteiger partial charge on any atom is -0.480 e. The molecule has 1 aromatic heterocycles. The smallest absolute Gasteiger partial charge is 0.327 e. The fourth-order valence-electron chi connectivity index (χ4n) is 5.08. The van der Waals surface area contributed by atoms with E-state index in [2.05, 4.69) is 44.2 Å². The van der Waals surface area contributed by atoms with Crippen LogP contribution in [0.4, 0.5) is 0 Å². The van der Waals surface area contributed by atoms with Gasteiger partial charge in [-0.05, 0) is 42.9 Å². The first-order chi connectivity index (χ1) is 23.5. The molecule has 16 heteroatoms. The van der Waals surface area contributed by atoms with Gasteiger partial charge in [0.05, 0.1) is 6.04 Å². The fourth-order valence-corrected chi connectivity index (χ4v) is 5.32. The number of fused-ring (bicyclic) bond motifs is 1. The summed E-state index contributed by atoms with van der Waals surface area (Å²) in [5.74, 6) is -3.65. The number of rotatable bonds is 20. The summed E-state index contributed by atoms with van der Waals surface area (Å²) in [6.45, 7) is 0.357. The number of aliphatic carboxylic acids is 1. The zero-order valence-corrected chi connectivity index (χ0v) is 27.9. The first-order valence-corrected chi connectivity index (χ1v) is 16.6. The van der Waals surface area contributed by atoms with Gasteiger partial charge >= 0.3 is 5.97 Å². The third kappa shape index (κ3) is 12.8. The topological polar surface area (TPSA) is 257 Å². The zero-order chi connectivity index (χ0) is 35.8. The van der Waals surface area contributed by atoms with Crippen molar-refractivity contribution in [3.63, 3.8) is 0 Å². The lowest BCUT2D eigenvalue weighted by molar-refractivity contribution is -0.141. The van der Waals surface area contributed by atoms with Crippen LogP contribution in [0.3, 0.4) is 0 Å². The van der Waals surface area contributed by atoms with E-state index in [0.717, 1.165) is 22.0 Å². The third-order valence-electron chi connectivity index (χ3n) is 7.68. The van der Waals surface area contributed by atoms with Crippen molar-refractivity contribution in [1.29, 1.82) is 5.41 Å². The molecule has 0 bridgehead atoms. The molecule has 4 amide bonds. The summed E-state index contributed by atoms with van der Waals surface area (Å²) in [4.78, 5) is 66.9. The van der Waals surface area contributed by atoms with E-state index in [0.29, 0.717) is 6.42 Å². The summed E-state index contributed by atoms with van der Waals surface area (Å²) in [5.41, 5.74) is 14.1. The van der Waals surface area contributed by atoms with E-state index < -0.39 is 53.8 Å². The predicted octanol–water partition coefficient (Wildman–Crippen LogP) is -0.0911. The Balaban J connectivity index is 1.72. The van der Waals surface area contributed by atoms with Crippen molar-refractivity contribution in [1.82, 2.24) is 31.6 Å². The normalized spacial score (nSPS) is 13.3. The molecule has 49 heavy (non-hydrogen) atoms. The highest BCUT2D eigenvalue weighted by Gasteiger charge is 2.29. The van der Waals surface area contributed by atoms with Crippen molar-refractivity contribution < 1.29 is 29.1 Å². The van der Waals surface area contributed by atoms with Gasteiger partial charge in [-0.15, -0.1) is 0 Å². The number of carbonyl (C=O) groups is 5. The quantitative estimate of drug-likeness (QED) is 0.0326. The number of aromatic nitrogens is 1. The van der Waals surface area contributed by atoms with Crippen LogP contribution in [0.25, 0.3) is 10.9 Å². The van der Waals surface area contributed by atoms with Gasteiger partial charge in [0.15, 0.2) is 5.96 Å². The standard InChI is InChI=1S/C33H45N9O6S/c34-23(16-20-8-2-1-3-9-20)29(44)41-25(12-6-15-38-33(35)36)31(46)42-26(17-21-18-39-24-11-5-4-10-22(21)24)30(45)37-14-7-13-28(43)40-27(19-49)32(47)48/h1-5,8-11,18,23,25-27,39,49H,6-7,12-17,19,34H2,(H,37,45)(H,40,43)(H,41,44)(H,42,46)(H,47,48)(H4,35,36,38)/t23-,25-,26-,27-/m0/s1. The number of nitrogens with two attached hydrogens (primary N) is 2. The van der Waals surface area contributed by atoms with Gasteiger partial charge in [0.2, 0.25) is 23.6 Å². The average Bonchev–Trinajstić information content (AvgIpc) is 3.49. The van der Waals surface area contributed by atoms with Gasteiger partial charge in [-0.2, -0.15) is 12.6 Å². The number of hydrogen-bond acceptors (Lipinski definition) is 8. The fraction of sp³-hybridized carbons (Fsp3) is 0.394. The minimum absolute atomic E-state index is 0.0387. The lowest BCUT2D eigenvalue weighted by Gasteiger charge is -2.24. The summed E-state index contributed by atoms with van der Waals surface area (Å²) in [5, 5.41) is 30.7. The Bertz CT molecular complexity index is 1580. The SMILES string of the molecule is N=C(N)NCCC[C@H](NC(=O)[C@@H](N)Cc1ccccc1)C(=O)N[C@@H](Cc1c[nH]c2ccccc12)C(=O)NCCCC(=O)N[C@@H](CS)C(=O)O. The Kier molecular flexibility index (Phi) is 15.4. The summed E-state index contributed by atoms with van der Waals surface area (Å²) in [6, 6.07) is 12.6. The number of thiol groups is 1. The summed E-state index contributed by atoms with van der Waals surface area (Å²) in [6.07, 6.45) is 2.83. The van der Waals surface area contributed by atoms with Crippen LogP contribution in [0.2, 0.25) is 0 Å². The van der Waals surface area contributed by atoms with Gasteiger partial charge in [-0.3, -0.25) is 24.6 Å². The average molecular weight is 696 g/mol. The van der Waals surface area contributed by atoms with Crippen LogP contribution in [0.15, 0.2) is 60.8 Å². The number of benzene rings is 2. The van der Waals surface area contributed by atoms with Crippen LogP contribution in [-0.4, -0.2) is 88.7 Å². The van der Waals surface area contributed by atoms with Gasteiger partial charge in [-0.25, -0.2) is 4.79 Å². The number of hydrogen-bond donors (Lipinski definition) is 11. The maximum atomic E-state index is 13.8. The molecule has 0 saturated carbocycles. The summed E-state index contributed by atoms with van der Waals surface area (Å²) < 4.78 is 0. The van der Waals surface area contributed by atoms with Crippen LogP contribution < -0.4 is 38.1 Å². The maximum absolute atomic E-state index is 13.8. The maximum Gasteiger partial charge on any atom is 0.327 e. The molecule has 2 aromatic carbocycles. The molecule has 1 heterocycles. The summed E-state index contributed by atoms with van der Waals surface area (Å²) in [7, 11) is 0. The first kappa shape index (κ1) is 38.4. The van der Waals surface area contributed by atoms with Crippen molar-refractivity contribution in [2.24, 2.45) is 11.5 Å². The molecule has 264 valence electrons. The van der Waals surface area contributed by atoms with E-state index in [1.165, 1.54) is 0 Å². The number of para-hydroxylation sites is 1. The molecule has 0 spiro atoms. The van der Waals surface area contributed by atoms with Gasteiger partial charge < -0.3 is 48.1 Å². The molecule has 4 atom stereocenters. The van der Waals surface area contributed by atoms with E-state index in [1.54, 1.807) is 6.20 Å². The number of carbonyl (C=O) groups excluding carboxylic acids is 4.